The fourth-order valence-corrected chi connectivity index (χ4v) is 3.72. The van der Waals surface area contributed by atoms with E-state index in [1.165, 1.54) is 6.07 Å². The Hall–Kier alpha value is -3.39. The highest BCUT2D eigenvalue weighted by atomic mass is 19.4. The summed E-state index contributed by atoms with van der Waals surface area (Å²) in [7, 11) is 0. The SMILES string of the molecule is CC(C)c1ccc(-c2cc(CCCO)cc(-n3nc4ccc(C(F)(F)F)cc4n3)c2O)cc1. The molecule has 33 heavy (non-hydrogen) atoms. The lowest BCUT2D eigenvalue weighted by atomic mass is 9.95. The van der Waals surface area contributed by atoms with E-state index in [-0.39, 0.29) is 29.1 Å². The number of halogens is 3. The minimum Gasteiger partial charge on any atom is -0.505 e. The van der Waals surface area contributed by atoms with E-state index in [1.54, 1.807) is 6.07 Å². The highest BCUT2D eigenvalue weighted by molar-refractivity contribution is 5.78. The van der Waals surface area contributed by atoms with Crippen LogP contribution in [0.4, 0.5) is 13.2 Å². The van der Waals surface area contributed by atoms with Crippen molar-refractivity contribution >= 4 is 11.0 Å². The minimum absolute atomic E-state index is 0.0127. The highest BCUT2D eigenvalue weighted by Crippen LogP contribution is 2.37. The number of aliphatic hydroxyl groups excluding tert-OH is 1. The summed E-state index contributed by atoms with van der Waals surface area (Å²) >= 11 is 0. The monoisotopic (exact) mass is 455 g/mol. The van der Waals surface area contributed by atoms with Gasteiger partial charge >= 0.3 is 6.18 Å². The normalized spacial score (nSPS) is 12.1. The van der Waals surface area contributed by atoms with Crippen molar-refractivity contribution in [3.63, 3.8) is 0 Å². The van der Waals surface area contributed by atoms with Gasteiger partial charge < -0.3 is 10.2 Å². The first-order valence-corrected chi connectivity index (χ1v) is 10.7. The Balaban J connectivity index is 1.84. The summed E-state index contributed by atoms with van der Waals surface area (Å²) in [6, 6.07) is 14.6. The van der Waals surface area contributed by atoms with Gasteiger partial charge in [-0.2, -0.15) is 13.2 Å². The summed E-state index contributed by atoms with van der Waals surface area (Å²) in [5.74, 6) is 0.290. The van der Waals surface area contributed by atoms with Crippen LogP contribution in [-0.2, 0) is 12.6 Å². The number of fused-ring (bicyclic) bond motifs is 1. The predicted octanol–water partition coefficient (Wildman–Crippen LogP) is 5.86. The number of alkyl halides is 3. The lowest BCUT2D eigenvalue weighted by molar-refractivity contribution is -0.137. The van der Waals surface area contributed by atoms with Crippen LogP contribution in [0.2, 0.25) is 0 Å². The summed E-state index contributed by atoms with van der Waals surface area (Å²) in [5, 5.41) is 28.9. The van der Waals surface area contributed by atoms with Gasteiger partial charge in [-0.05, 0) is 65.8 Å². The van der Waals surface area contributed by atoms with E-state index >= 15 is 0 Å². The van der Waals surface area contributed by atoms with E-state index in [2.05, 4.69) is 24.0 Å². The van der Waals surface area contributed by atoms with Crippen LogP contribution in [0.1, 0.15) is 42.9 Å². The van der Waals surface area contributed by atoms with Gasteiger partial charge in [-0.3, -0.25) is 0 Å². The van der Waals surface area contributed by atoms with E-state index in [1.807, 2.05) is 30.3 Å². The molecule has 8 heteroatoms. The number of nitrogens with zero attached hydrogens (tertiary/aromatic N) is 3. The molecule has 4 aromatic rings. The Bertz CT molecular complexity index is 1280. The largest absolute Gasteiger partial charge is 0.505 e. The van der Waals surface area contributed by atoms with E-state index in [0.717, 1.165) is 33.6 Å². The van der Waals surface area contributed by atoms with E-state index in [4.69, 9.17) is 0 Å². The minimum atomic E-state index is -4.49. The molecule has 0 aliphatic carbocycles. The molecular weight excluding hydrogens is 431 g/mol. The maximum absolute atomic E-state index is 13.1. The number of phenolic OH excluding ortho intramolecular Hbond substituents is 1. The van der Waals surface area contributed by atoms with Crippen molar-refractivity contribution in [2.75, 3.05) is 6.61 Å². The molecule has 0 atom stereocenters. The number of aryl methyl sites for hydroxylation is 1. The second-order valence-electron chi connectivity index (χ2n) is 8.31. The zero-order chi connectivity index (χ0) is 23.8. The number of aromatic nitrogens is 3. The Morgan fingerprint density at radius 1 is 0.939 bits per heavy atom. The topological polar surface area (TPSA) is 71.2 Å². The predicted molar refractivity (Wildman–Crippen MR) is 120 cm³/mol. The Kier molecular flexibility index (Phi) is 6.12. The van der Waals surface area contributed by atoms with Gasteiger partial charge in [-0.1, -0.05) is 38.1 Å². The first-order valence-electron chi connectivity index (χ1n) is 10.7. The number of phenols is 1. The molecule has 0 amide bonds. The van der Waals surface area contributed by atoms with Gasteiger partial charge in [0.15, 0.2) is 5.75 Å². The fourth-order valence-electron chi connectivity index (χ4n) is 3.72. The molecule has 2 N–H and O–H groups in total. The maximum Gasteiger partial charge on any atom is 0.416 e. The van der Waals surface area contributed by atoms with Crippen molar-refractivity contribution in [1.29, 1.82) is 0 Å². The van der Waals surface area contributed by atoms with Crippen LogP contribution >= 0.6 is 0 Å². The molecule has 0 fully saturated rings. The van der Waals surface area contributed by atoms with Crippen LogP contribution in [0.3, 0.4) is 0 Å². The third-order valence-electron chi connectivity index (χ3n) is 5.58. The van der Waals surface area contributed by atoms with Crippen LogP contribution < -0.4 is 0 Å². The molecule has 0 aliphatic rings. The van der Waals surface area contributed by atoms with Crippen molar-refractivity contribution in [1.82, 2.24) is 15.0 Å². The molecule has 0 saturated carbocycles. The number of hydrogen-bond donors (Lipinski definition) is 2. The molecule has 0 saturated heterocycles. The summed E-state index contributed by atoms with van der Waals surface area (Å²) in [6.45, 7) is 4.20. The summed E-state index contributed by atoms with van der Waals surface area (Å²) in [4.78, 5) is 1.16. The summed E-state index contributed by atoms with van der Waals surface area (Å²) in [6.07, 6.45) is -3.40. The van der Waals surface area contributed by atoms with Crippen molar-refractivity contribution in [2.24, 2.45) is 0 Å². The van der Waals surface area contributed by atoms with E-state index in [9.17, 15) is 23.4 Å². The third-order valence-corrected chi connectivity index (χ3v) is 5.58. The summed E-state index contributed by atoms with van der Waals surface area (Å²) < 4.78 is 39.3. The number of aliphatic hydroxyl groups is 1. The Morgan fingerprint density at radius 3 is 2.27 bits per heavy atom. The number of rotatable bonds is 6. The Morgan fingerprint density at radius 2 is 1.64 bits per heavy atom. The van der Waals surface area contributed by atoms with Crippen LogP contribution in [0.15, 0.2) is 54.6 Å². The van der Waals surface area contributed by atoms with Gasteiger partial charge in [0.2, 0.25) is 0 Å². The quantitative estimate of drug-likeness (QED) is 0.382. The Labute approximate surface area is 189 Å². The first-order chi connectivity index (χ1) is 15.7. The van der Waals surface area contributed by atoms with Gasteiger partial charge in [0, 0.05) is 12.2 Å². The van der Waals surface area contributed by atoms with Gasteiger partial charge in [-0.25, -0.2) is 0 Å². The van der Waals surface area contributed by atoms with Crippen LogP contribution in [0, 0.1) is 0 Å². The number of hydrogen-bond acceptors (Lipinski definition) is 4. The molecule has 4 rings (SSSR count). The zero-order valence-electron chi connectivity index (χ0n) is 18.3. The van der Waals surface area contributed by atoms with Crippen molar-refractivity contribution in [3.05, 3.63) is 71.3 Å². The molecule has 0 bridgehead atoms. The van der Waals surface area contributed by atoms with Gasteiger partial charge in [0.05, 0.1) is 5.56 Å². The maximum atomic E-state index is 13.1. The highest BCUT2D eigenvalue weighted by Gasteiger charge is 2.31. The number of benzene rings is 3. The van der Waals surface area contributed by atoms with Gasteiger partial charge in [0.1, 0.15) is 16.7 Å². The van der Waals surface area contributed by atoms with Gasteiger partial charge in [-0.15, -0.1) is 15.0 Å². The lowest BCUT2D eigenvalue weighted by Crippen LogP contribution is -2.04. The molecule has 0 aliphatic heterocycles. The van der Waals surface area contributed by atoms with Crippen LogP contribution in [0.25, 0.3) is 27.8 Å². The average Bonchev–Trinajstić information content (AvgIpc) is 3.21. The van der Waals surface area contributed by atoms with E-state index in [0.29, 0.717) is 24.3 Å². The molecule has 3 aromatic carbocycles. The number of aromatic hydroxyl groups is 1. The van der Waals surface area contributed by atoms with Crippen LogP contribution in [0.5, 0.6) is 5.75 Å². The van der Waals surface area contributed by atoms with Crippen molar-refractivity contribution in [2.45, 2.75) is 38.8 Å². The molecular formula is C25H24F3N3O2. The van der Waals surface area contributed by atoms with Crippen molar-refractivity contribution in [3.8, 4) is 22.6 Å². The molecule has 1 aromatic heterocycles. The molecule has 172 valence electrons. The van der Waals surface area contributed by atoms with Crippen LogP contribution in [-0.4, -0.2) is 31.8 Å². The summed E-state index contributed by atoms with van der Waals surface area (Å²) in [5.41, 5.74) is 3.17. The zero-order valence-corrected chi connectivity index (χ0v) is 18.3. The molecule has 5 nitrogen and oxygen atoms in total. The molecule has 0 spiro atoms. The average molecular weight is 455 g/mol. The molecule has 0 radical (unpaired) electrons. The first kappa shape index (κ1) is 22.8. The second-order valence-corrected chi connectivity index (χ2v) is 8.31. The van der Waals surface area contributed by atoms with E-state index < -0.39 is 11.7 Å². The van der Waals surface area contributed by atoms with Crippen molar-refractivity contribution < 1.29 is 23.4 Å². The fraction of sp³-hybridized carbons (Fsp3) is 0.280. The standard InChI is InChI=1S/C25H24F3N3O2/c1-15(2)17-5-7-18(8-6-17)20-12-16(4-3-11-32)13-23(24(20)33)31-29-21-10-9-19(25(26,27)28)14-22(21)30-31/h5-10,12-15,32-33H,3-4,11H2,1-2H3. The second kappa shape index (κ2) is 8.86. The molecule has 1 heterocycles. The van der Waals surface area contributed by atoms with Gasteiger partial charge in [0.25, 0.3) is 0 Å². The lowest BCUT2D eigenvalue weighted by Gasteiger charge is -2.14. The third kappa shape index (κ3) is 4.71. The smallest absolute Gasteiger partial charge is 0.416 e. The molecule has 0 unspecified atom stereocenters.